The number of Topliss-reactive ketones (excluding diaryl/α,β-unsaturated/α-hetero) is 1. The summed E-state index contributed by atoms with van der Waals surface area (Å²) in [4.78, 5) is 41.9. The molecular weight excluding hydrogens is 390 g/mol. The summed E-state index contributed by atoms with van der Waals surface area (Å²) in [6, 6.07) is 3.04. The zero-order valence-corrected chi connectivity index (χ0v) is 17.3. The number of carbonyl (C=O) groups excluding carboxylic acids is 2. The molecule has 3 heterocycles. The quantitative estimate of drug-likeness (QED) is 0.694. The van der Waals surface area contributed by atoms with Gasteiger partial charge >= 0.3 is 6.03 Å². The number of rotatable bonds is 7. The van der Waals surface area contributed by atoms with Gasteiger partial charge in [-0.1, -0.05) is 25.4 Å². The molecule has 2 aliphatic rings. The smallest absolute Gasteiger partial charge is 0.312 e. The molecule has 1 atom stereocenters. The standard InChI is InChI=1S/C21H24ClN5O2/c1-13(2)19-12-27(20-24-9-15(10-25-20)14-3-4-14)21(29)26(19)11-18(28)8-17-7-16(22)5-6-23-17/h5-7,9-10,13-14,19H,3-4,8,11-12H2,1-2H3/t19-/m1/s1. The number of carbonyl (C=O) groups is 2. The fourth-order valence-electron chi connectivity index (χ4n) is 3.67. The van der Waals surface area contributed by atoms with Crippen LogP contribution in [-0.4, -0.2) is 50.8 Å². The maximum Gasteiger partial charge on any atom is 0.327 e. The van der Waals surface area contributed by atoms with Crippen LogP contribution in [0.2, 0.25) is 5.02 Å². The Labute approximate surface area is 175 Å². The molecule has 1 saturated heterocycles. The Kier molecular flexibility index (Phi) is 5.50. The second-order valence-corrected chi connectivity index (χ2v) is 8.54. The number of hydrogen-bond donors (Lipinski definition) is 0. The van der Waals surface area contributed by atoms with Gasteiger partial charge in [0, 0.05) is 29.3 Å². The van der Waals surface area contributed by atoms with Crippen LogP contribution in [0.25, 0.3) is 0 Å². The SMILES string of the molecule is CC(C)[C@H]1CN(c2ncc(C3CC3)cn2)C(=O)N1CC(=O)Cc1cc(Cl)ccn1. The zero-order chi connectivity index (χ0) is 20.5. The van der Waals surface area contributed by atoms with E-state index in [1.807, 2.05) is 12.4 Å². The van der Waals surface area contributed by atoms with Gasteiger partial charge in [-0.15, -0.1) is 0 Å². The first kappa shape index (κ1) is 19.8. The maximum absolute atomic E-state index is 13.1. The second-order valence-electron chi connectivity index (χ2n) is 8.10. The van der Waals surface area contributed by atoms with Crippen LogP contribution in [0.15, 0.2) is 30.7 Å². The van der Waals surface area contributed by atoms with Gasteiger partial charge < -0.3 is 4.90 Å². The number of anilines is 1. The van der Waals surface area contributed by atoms with Crippen LogP contribution >= 0.6 is 11.6 Å². The van der Waals surface area contributed by atoms with E-state index in [2.05, 4.69) is 28.8 Å². The molecule has 152 valence electrons. The molecule has 0 radical (unpaired) electrons. The Morgan fingerprint density at radius 3 is 2.59 bits per heavy atom. The molecular formula is C21H24ClN5O2. The molecule has 0 unspecified atom stereocenters. The van der Waals surface area contributed by atoms with E-state index in [1.54, 1.807) is 28.1 Å². The fourth-order valence-corrected chi connectivity index (χ4v) is 3.86. The van der Waals surface area contributed by atoms with Crippen LogP contribution in [0.3, 0.4) is 0 Å². The summed E-state index contributed by atoms with van der Waals surface area (Å²) in [5, 5.41) is 0.540. The lowest BCUT2D eigenvalue weighted by atomic mass is 10.0. The van der Waals surface area contributed by atoms with E-state index in [0.29, 0.717) is 29.1 Å². The van der Waals surface area contributed by atoms with Crippen molar-refractivity contribution in [2.24, 2.45) is 5.92 Å². The van der Waals surface area contributed by atoms with E-state index in [0.717, 1.165) is 5.56 Å². The first-order chi connectivity index (χ1) is 13.9. The molecule has 29 heavy (non-hydrogen) atoms. The molecule has 0 spiro atoms. The van der Waals surface area contributed by atoms with Gasteiger partial charge in [0.1, 0.15) is 0 Å². The zero-order valence-electron chi connectivity index (χ0n) is 16.6. The van der Waals surface area contributed by atoms with Crippen LogP contribution in [0.1, 0.15) is 43.9 Å². The summed E-state index contributed by atoms with van der Waals surface area (Å²) in [5.74, 6) is 1.09. The maximum atomic E-state index is 13.1. The monoisotopic (exact) mass is 413 g/mol. The Morgan fingerprint density at radius 2 is 1.97 bits per heavy atom. The third kappa shape index (κ3) is 4.40. The van der Waals surface area contributed by atoms with Crippen molar-refractivity contribution in [3.05, 3.63) is 47.0 Å². The number of ketones is 1. The molecule has 0 aromatic carbocycles. The Hall–Kier alpha value is -2.54. The fraction of sp³-hybridized carbons (Fsp3) is 0.476. The first-order valence-electron chi connectivity index (χ1n) is 9.94. The average Bonchev–Trinajstić information content (AvgIpc) is 3.48. The molecule has 1 aliphatic heterocycles. The average molecular weight is 414 g/mol. The van der Waals surface area contributed by atoms with Crippen LogP contribution in [0.5, 0.6) is 0 Å². The Bertz CT molecular complexity index is 914. The predicted octanol–water partition coefficient (Wildman–Crippen LogP) is 3.48. The highest BCUT2D eigenvalue weighted by Crippen LogP contribution is 2.39. The topological polar surface area (TPSA) is 79.3 Å². The van der Waals surface area contributed by atoms with Crippen LogP contribution < -0.4 is 4.90 Å². The molecule has 2 fully saturated rings. The lowest BCUT2D eigenvalue weighted by molar-refractivity contribution is -0.119. The minimum Gasteiger partial charge on any atom is -0.312 e. The van der Waals surface area contributed by atoms with Gasteiger partial charge in [-0.05, 0) is 42.4 Å². The Morgan fingerprint density at radius 1 is 1.24 bits per heavy atom. The number of hydrogen-bond acceptors (Lipinski definition) is 5. The minimum absolute atomic E-state index is 0.0343. The lowest BCUT2D eigenvalue weighted by Gasteiger charge is -2.25. The van der Waals surface area contributed by atoms with E-state index in [1.165, 1.54) is 12.8 Å². The molecule has 0 N–H and O–H groups in total. The van der Waals surface area contributed by atoms with Gasteiger partial charge in [0.15, 0.2) is 5.78 Å². The molecule has 2 aromatic rings. The van der Waals surface area contributed by atoms with E-state index < -0.39 is 0 Å². The van der Waals surface area contributed by atoms with Gasteiger partial charge in [-0.2, -0.15) is 0 Å². The third-order valence-electron chi connectivity index (χ3n) is 5.47. The van der Waals surface area contributed by atoms with E-state index in [-0.39, 0.29) is 36.7 Å². The van der Waals surface area contributed by atoms with Crippen molar-refractivity contribution in [2.75, 3.05) is 18.0 Å². The molecule has 8 heteroatoms. The van der Waals surface area contributed by atoms with Gasteiger partial charge in [0.2, 0.25) is 5.95 Å². The van der Waals surface area contributed by atoms with Gasteiger partial charge in [0.05, 0.1) is 25.6 Å². The number of pyridine rings is 1. The van der Waals surface area contributed by atoms with Crippen LogP contribution in [0.4, 0.5) is 10.7 Å². The lowest BCUT2D eigenvalue weighted by Crippen LogP contribution is -2.41. The summed E-state index contributed by atoms with van der Waals surface area (Å²) >= 11 is 5.97. The summed E-state index contributed by atoms with van der Waals surface area (Å²) in [6.07, 6.45) is 7.71. The Balaban J connectivity index is 1.47. The number of aromatic nitrogens is 3. The molecule has 7 nitrogen and oxygen atoms in total. The molecule has 1 saturated carbocycles. The van der Waals surface area contributed by atoms with Crippen molar-refractivity contribution in [1.82, 2.24) is 19.9 Å². The molecule has 2 amide bonds. The summed E-state index contributed by atoms with van der Waals surface area (Å²) in [6.45, 7) is 4.61. The summed E-state index contributed by atoms with van der Waals surface area (Å²) in [5.41, 5.74) is 1.73. The summed E-state index contributed by atoms with van der Waals surface area (Å²) < 4.78 is 0. The highest BCUT2D eigenvalue weighted by molar-refractivity contribution is 6.30. The van der Waals surface area contributed by atoms with E-state index >= 15 is 0 Å². The molecule has 2 aromatic heterocycles. The van der Waals surface area contributed by atoms with Gasteiger partial charge in [-0.3, -0.25) is 14.7 Å². The van der Waals surface area contributed by atoms with Crippen LogP contribution in [0, 0.1) is 5.92 Å². The second kappa shape index (κ2) is 8.06. The normalized spacial score (nSPS) is 19.3. The van der Waals surface area contributed by atoms with Gasteiger partial charge in [0.25, 0.3) is 0 Å². The first-order valence-corrected chi connectivity index (χ1v) is 10.3. The van der Waals surface area contributed by atoms with Crippen molar-refractivity contribution < 1.29 is 9.59 Å². The van der Waals surface area contributed by atoms with Crippen molar-refractivity contribution in [3.8, 4) is 0 Å². The highest BCUT2D eigenvalue weighted by atomic mass is 35.5. The van der Waals surface area contributed by atoms with E-state index in [4.69, 9.17) is 11.6 Å². The third-order valence-corrected chi connectivity index (χ3v) is 5.70. The number of amides is 2. The molecule has 0 bridgehead atoms. The van der Waals surface area contributed by atoms with Crippen molar-refractivity contribution in [1.29, 1.82) is 0 Å². The van der Waals surface area contributed by atoms with Crippen molar-refractivity contribution in [2.45, 2.75) is 45.1 Å². The largest absolute Gasteiger partial charge is 0.327 e. The predicted molar refractivity (Wildman–Crippen MR) is 110 cm³/mol. The van der Waals surface area contributed by atoms with E-state index in [9.17, 15) is 9.59 Å². The number of halogens is 1. The summed E-state index contributed by atoms with van der Waals surface area (Å²) in [7, 11) is 0. The van der Waals surface area contributed by atoms with Crippen LogP contribution in [-0.2, 0) is 11.2 Å². The molecule has 1 aliphatic carbocycles. The van der Waals surface area contributed by atoms with Gasteiger partial charge in [-0.25, -0.2) is 14.8 Å². The van der Waals surface area contributed by atoms with Crippen molar-refractivity contribution >= 4 is 29.4 Å². The van der Waals surface area contributed by atoms with Crippen molar-refractivity contribution in [3.63, 3.8) is 0 Å². The highest BCUT2D eigenvalue weighted by Gasteiger charge is 2.41. The minimum atomic E-state index is -0.227. The number of nitrogens with zero attached hydrogens (tertiary/aromatic N) is 5. The molecule has 4 rings (SSSR count). The number of urea groups is 1.